The number of thiophene rings is 1. The van der Waals surface area contributed by atoms with Gasteiger partial charge in [0.25, 0.3) is 10.0 Å². The van der Waals surface area contributed by atoms with E-state index >= 15 is 0 Å². The maximum Gasteiger partial charge on any atom is 0.252 e. The van der Waals surface area contributed by atoms with Crippen LogP contribution in [0.15, 0.2) is 76.3 Å². The fourth-order valence-electron chi connectivity index (χ4n) is 3.96. The molecule has 0 spiro atoms. The van der Waals surface area contributed by atoms with Crippen molar-refractivity contribution in [2.75, 3.05) is 36.0 Å². The van der Waals surface area contributed by atoms with Crippen molar-refractivity contribution in [1.29, 1.82) is 0 Å². The number of carbonyl (C=O) groups excluding carboxylic acids is 1. The van der Waals surface area contributed by atoms with Gasteiger partial charge in [0.1, 0.15) is 9.96 Å². The molecule has 1 aliphatic heterocycles. The zero-order chi connectivity index (χ0) is 22.7. The van der Waals surface area contributed by atoms with E-state index in [1.807, 2.05) is 42.5 Å². The third-order valence-corrected chi connectivity index (χ3v) is 8.80. The Hall–Kier alpha value is -2.88. The van der Waals surface area contributed by atoms with Gasteiger partial charge in [-0.05, 0) is 47.8 Å². The highest BCUT2D eigenvalue weighted by atomic mass is 32.2. The Bertz CT molecular complexity index is 1150. The molecule has 3 aromatic rings. The molecule has 0 saturated carbocycles. The summed E-state index contributed by atoms with van der Waals surface area (Å²) < 4.78 is 28.2. The molecule has 0 bridgehead atoms. The maximum atomic E-state index is 13.2. The van der Waals surface area contributed by atoms with Crippen molar-refractivity contribution < 1.29 is 18.3 Å². The Balaban J connectivity index is 1.66. The summed E-state index contributed by atoms with van der Waals surface area (Å²) in [6.07, 6.45) is 0. The number of carbonyl (C=O) groups is 1. The van der Waals surface area contributed by atoms with Crippen molar-refractivity contribution in [2.24, 2.45) is 0 Å². The van der Waals surface area contributed by atoms with E-state index in [1.165, 1.54) is 22.6 Å². The van der Waals surface area contributed by atoms with Gasteiger partial charge in [-0.3, -0.25) is 4.79 Å². The molecule has 1 saturated heterocycles. The van der Waals surface area contributed by atoms with Gasteiger partial charge in [-0.1, -0.05) is 24.3 Å². The van der Waals surface area contributed by atoms with Crippen LogP contribution in [-0.4, -0.2) is 56.0 Å². The number of amides is 1. The molecule has 1 atom stereocenters. The first-order valence-electron chi connectivity index (χ1n) is 10.3. The number of aromatic hydroxyl groups is 1. The molecule has 1 aliphatic rings. The second kappa shape index (κ2) is 9.32. The van der Waals surface area contributed by atoms with Crippen LogP contribution in [0.5, 0.6) is 5.75 Å². The van der Waals surface area contributed by atoms with E-state index in [0.29, 0.717) is 23.8 Å². The third kappa shape index (κ3) is 4.64. The van der Waals surface area contributed by atoms with Crippen LogP contribution in [0.1, 0.15) is 6.92 Å². The topological polar surface area (TPSA) is 81.2 Å². The van der Waals surface area contributed by atoms with Crippen LogP contribution < -0.4 is 9.80 Å². The summed E-state index contributed by atoms with van der Waals surface area (Å²) in [5.41, 5.74) is 1.64. The Morgan fingerprint density at radius 2 is 1.78 bits per heavy atom. The van der Waals surface area contributed by atoms with Crippen LogP contribution >= 0.6 is 11.3 Å². The first-order chi connectivity index (χ1) is 15.4. The molecule has 0 unspecified atom stereocenters. The van der Waals surface area contributed by atoms with Gasteiger partial charge in [-0.2, -0.15) is 4.31 Å². The van der Waals surface area contributed by atoms with Gasteiger partial charge < -0.3 is 14.9 Å². The van der Waals surface area contributed by atoms with Gasteiger partial charge in [-0.15, -0.1) is 11.3 Å². The van der Waals surface area contributed by atoms with E-state index < -0.39 is 10.0 Å². The van der Waals surface area contributed by atoms with Gasteiger partial charge in [-0.25, -0.2) is 8.42 Å². The number of phenolic OH excluding ortho intramolecular Hbond substituents is 1. The second-order valence-corrected chi connectivity index (χ2v) is 10.7. The van der Waals surface area contributed by atoms with Gasteiger partial charge in [0.15, 0.2) is 0 Å². The quantitative estimate of drug-likeness (QED) is 0.596. The number of hydrogen-bond acceptors (Lipinski definition) is 6. The van der Waals surface area contributed by atoms with Crippen LogP contribution in [0.2, 0.25) is 0 Å². The number of rotatable bonds is 6. The molecule has 1 amide bonds. The smallest absolute Gasteiger partial charge is 0.252 e. The largest absolute Gasteiger partial charge is 0.508 e. The van der Waals surface area contributed by atoms with E-state index in [9.17, 15) is 18.3 Å². The van der Waals surface area contributed by atoms with Crippen molar-refractivity contribution in [2.45, 2.75) is 17.2 Å². The summed E-state index contributed by atoms with van der Waals surface area (Å²) >= 11 is 1.20. The highest BCUT2D eigenvalue weighted by molar-refractivity contribution is 7.91. The highest BCUT2D eigenvalue weighted by Crippen LogP contribution is 2.29. The summed E-state index contributed by atoms with van der Waals surface area (Å²) in [7, 11) is -3.60. The molecular weight excluding hydrogens is 446 g/mol. The second-order valence-electron chi connectivity index (χ2n) is 7.62. The number of piperazine rings is 1. The van der Waals surface area contributed by atoms with E-state index in [0.717, 1.165) is 11.4 Å². The lowest BCUT2D eigenvalue weighted by Crippen LogP contribution is -2.58. The molecule has 0 radical (unpaired) electrons. The SMILES string of the molecule is CC(=O)N(C[C@H]1CN(S(=O)(=O)c2cccs2)CCN1c1ccc(O)cc1)c1ccccc1. The van der Waals surface area contributed by atoms with Crippen LogP contribution in [0.3, 0.4) is 0 Å². The van der Waals surface area contributed by atoms with Crippen molar-refractivity contribution in [3.05, 3.63) is 72.1 Å². The lowest BCUT2D eigenvalue weighted by molar-refractivity contribution is -0.116. The summed E-state index contributed by atoms with van der Waals surface area (Å²) in [6.45, 7) is 2.90. The number of anilines is 2. The maximum absolute atomic E-state index is 13.2. The monoisotopic (exact) mass is 471 g/mol. The lowest BCUT2D eigenvalue weighted by atomic mass is 10.1. The number of nitrogens with zero attached hydrogens (tertiary/aromatic N) is 3. The number of sulfonamides is 1. The van der Waals surface area contributed by atoms with Gasteiger partial charge in [0.2, 0.25) is 5.91 Å². The summed E-state index contributed by atoms with van der Waals surface area (Å²) in [6, 6.07) is 19.3. The number of phenols is 1. The molecule has 1 fully saturated rings. The minimum absolute atomic E-state index is 0.111. The van der Waals surface area contributed by atoms with E-state index in [2.05, 4.69) is 4.90 Å². The minimum atomic E-state index is -3.60. The summed E-state index contributed by atoms with van der Waals surface area (Å²) in [5.74, 6) is 0.0546. The molecule has 9 heteroatoms. The summed E-state index contributed by atoms with van der Waals surface area (Å²) in [4.78, 5) is 16.3. The fourth-order valence-corrected chi connectivity index (χ4v) is 6.57. The Morgan fingerprint density at radius 1 is 1.06 bits per heavy atom. The molecule has 168 valence electrons. The Labute approximate surface area is 192 Å². The molecule has 0 aliphatic carbocycles. The Morgan fingerprint density at radius 3 is 2.41 bits per heavy atom. The highest BCUT2D eigenvalue weighted by Gasteiger charge is 2.36. The van der Waals surface area contributed by atoms with Crippen molar-refractivity contribution >= 4 is 38.6 Å². The van der Waals surface area contributed by atoms with Crippen LogP contribution in [-0.2, 0) is 14.8 Å². The molecule has 1 N–H and O–H groups in total. The minimum Gasteiger partial charge on any atom is -0.508 e. The molecule has 4 rings (SSSR count). The third-order valence-electron chi connectivity index (χ3n) is 5.56. The van der Waals surface area contributed by atoms with Crippen LogP contribution in [0.4, 0.5) is 11.4 Å². The predicted molar refractivity (Wildman–Crippen MR) is 127 cm³/mol. The van der Waals surface area contributed by atoms with Crippen molar-refractivity contribution in [1.82, 2.24) is 4.31 Å². The first kappa shape index (κ1) is 22.3. The van der Waals surface area contributed by atoms with E-state index in [-0.39, 0.29) is 24.2 Å². The Kier molecular flexibility index (Phi) is 6.50. The zero-order valence-corrected chi connectivity index (χ0v) is 19.3. The molecule has 1 aromatic heterocycles. The molecule has 32 heavy (non-hydrogen) atoms. The average Bonchev–Trinajstić information content (AvgIpc) is 3.34. The molecular formula is C23H25N3O4S2. The van der Waals surface area contributed by atoms with Gasteiger partial charge in [0, 0.05) is 44.5 Å². The predicted octanol–water partition coefficient (Wildman–Crippen LogP) is 3.39. The summed E-state index contributed by atoms with van der Waals surface area (Å²) in [5, 5.41) is 11.4. The molecule has 2 heterocycles. The number of para-hydroxylation sites is 1. The number of hydrogen-bond donors (Lipinski definition) is 1. The standard InChI is InChI=1S/C23H25N3O4S2/c1-18(27)26(19-6-3-2-4-7-19)17-21-16-24(32(29,30)23-8-5-15-31-23)13-14-25(21)20-9-11-22(28)12-10-20/h2-12,15,21,28H,13-14,16-17H2,1H3/t21-/m1/s1. The normalized spacial score (nSPS) is 17.3. The molecule has 2 aromatic carbocycles. The van der Waals surface area contributed by atoms with Gasteiger partial charge in [0.05, 0.1) is 6.04 Å². The van der Waals surface area contributed by atoms with Crippen LogP contribution in [0, 0.1) is 0 Å². The fraction of sp³-hybridized carbons (Fsp3) is 0.261. The number of benzene rings is 2. The van der Waals surface area contributed by atoms with Crippen molar-refractivity contribution in [3.63, 3.8) is 0 Å². The van der Waals surface area contributed by atoms with E-state index in [1.54, 1.807) is 34.5 Å². The zero-order valence-electron chi connectivity index (χ0n) is 17.7. The van der Waals surface area contributed by atoms with Crippen molar-refractivity contribution in [3.8, 4) is 5.75 Å². The lowest BCUT2D eigenvalue weighted by Gasteiger charge is -2.43. The molecule has 7 nitrogen and oxygen atoms in total. The van der Waals surface area contributed by atoms with Crippen LogP contribution in [0.25, 0.3) is 0 Å². The average molecular weight is 472 g/mol. The van der Waals surface area contributed by atoms with E-state index in [4.69, 9.17) is 0 Å². The first-order valence-corrected chi connectivity index (χ1v) is 12.6. The van der Waals surface area contributed by atoms with Gasteiger partial charge >= 0.3 is 0 Å².